The first-order valence-corrected chi connectivity index (χ1v) is 14.2. The Kier molecular flexibility index (Phi) is 8.68. The maximum Gasteiger partial charge on any atom is 0.223 e. The van der Waals surface area contributed by atoms with Gasteiger partial charge in [-0.15, -0.1) is 23.1 Å². The number of carbonyl (C=O) groups excluding carboxylic acids is 1. The first-order valence-electron chi connectivity index (χ1n) is 12.4. The number of hydrogen-bond acceptors (Lipinski definition) is 5. The van der Waals surface area contributed by atoms with Crippen molar-refractivity contribution in [1.82, 2.24) is 9.88 Å². The molecule has 1 aliphatic heterocycles. The van der Waals surface area contributed by atoms with Crippen LogP contribution in [0.4, 0.5) is 5.69 Å². The number of carbonyl (C=O) groups is 1. The number of nitrogens with zero attached hydrogens (tertiary/aromatic N) is 3. The second-order valence-electron chi connectivity index (χ2n) is 8.81. The van der Waals surface area contributed by atoms with Crippen LogP contribution in [0.1, 0.15) is 49.6 Å². The van der Waals surface area contributed by atoms with Crippen molar-refractivity contribution in [1.29, 1.82) is 0 Å². The predicted octanol–water partition coefficient (Wildman–Crippen LogP) is 6.85. The SMILES string of the molecule is CCN(CC)c1ccc(-c2csc(C3CCN(C(=O)CCSc4ccccc4C)CC3)n2)cc1. The number of hydrogen-bond donors (Lipinski definition) is 0. The summed E-state index contributed by atoms with van der Waals surface area (Å²) >= 11 is 3.55. The topological polar surface area (TPSA) is 36.4 Å². The highest BCUT2D eigenvalue weighted by Gasteiger charge is 2.25. The Morgan fingerprint density at radius 1 is 1.09 bits per heavy atom. The van der Waals surface area contributed by atoms with Crippen LogP contribution in [0.3, 0.4) is 0 Å². The number of piperidine rings is 1. The summed E-state index contributed by atoms with van der Waals surface area (Å²) in [5, 5.41) is 3.40. The molecule has 1 amide bonds. The lowest BCUT2D eigenvalue weighted by molar-refractivity contribution is -0.131. The van der Waals surface area contributed by atoms with E-state index in [2.05, 4.69) is 84.5 Å². The van der Waals surface area contributed by atoms with Crippen LogP contribution >= 0.6 is 23.1 Å². The third kappa shape index (κ3) is 6.02. The summed E-state index contributed by atoms with van der Waals surface area (Å²) in [5.41, 5.74) is 4.79. The summed E-state index contributed by atoms with van der Waals surface area (Å²) < 4.78 is 0. The van der Waals surface area contributed by atoms with Crippen molar-refractivity contribution in [2.45, 2.75) is 50.8 Å². The molecule has 0 bridgehead atoms. The average Bonchev–Trinajstić information content (AvgIpc) is 3.37. The minimum Gasteiger partial charge on any atom is -0.372 e. The summed E-state index contributed by atoms with van der Waals surface area (Å²) in [4.78, 5) is 23.4. The number of thioether (sulfide) groups is 1. The summed E-state index contributed by atoms with van der Waals surface area (Å²) in [6, 6.07) is 17.1. The van der Waals surface area contributed by atoms with E-state index in [-0.39, 0.29) is 5.91 Å². The Morgan fingerprint density at radius 3 is 2.47 bits per heavy atom. The van der Waals surface area contributed by atoms with Gasteiger partial charge in [0.2, 0.25) is 5.91 Å². The summed E-state index contributed by atoms with van der Waals surface area (Å²) in [6.07, 6.45) is 2.61. The van der Waals surface area contributed by atoms with E-state index < -0.39 is 0 Å². The van der Waals surface area contributed by atoms with Crippen LogP contribution in [0.25, 0.3) is 11.3 Å². The summed E-state index contributed by atoms with van der Waals surface area (Å²) in [7, 11) is 0. The Hall–Kier alpha value is -2.31. The fourth-order valence-electron chi connectivity index (χ4n) is 4.54. The van der Waals surface area contributed by atoms with Crippen molar-refractivity contribution in [3.05, 3.63) is 64.5 Å². The fourth-order valence-corrected chi connectivity index (χ4v) is 6.51. The van der Waals surface area contributed by atoms with Crippen molar-refractivity contribution in [2.75, 3.05) is 36.8 Å². The molecule has 1 aliphatic rings. The quantitative estimate of drug-likeness (QED) is 0.305. The first-order chi connectivity index (χ1) is 16.6. The summed E-state index contributed by atoms with van der Waals surface area (Å²) in [6.45, 7) is 10.2. The highest BCUT2D eigenvalue weighted by molar-refractivity contribution is 7.99. The molecule has 1 saturated heterocycles. The average molecular weight is 494 g/mol. The van der Waals surface area contributed by atoms with Gasteiger partial charge in [-0.1, -0.05) is 30.3 Å². The van der Waals surface area contributed by atoms with E-state index in [4.69, 9.17) is 4.98 Å². The van der Waals surface area contributed by atoms with Crippen molar-refractivity contribution in [3.8, 4) is 11.3 Å². The van der Waals surface area contributed by atoms with E-state index in [1.54, 1.807) is 23.1 Å². The van der Waals surface area contributed by atoms with E-state index in [0.717, 1.165) is 50.5 Å². The number of anilines is 1. The highest BCUT2D eigenvalue weighted by atomic mass is 32.2. The Bertz CT molecular complexity index is 1070. The zero-order valence-corrected chi connectivity index (χ0v) is 22.1. The lowest BCUT2D eigenvalue weighted by atomic mass is 9.97. The minimum absolute atomic E-state index is 0.285. The number of aryl methyl sites for hydroxylation is 1. The van der Waals surface area contributed by atoms with Crippen LogP contribution in [-0.2, 0) is 4.79 Å². The van der Waals surface area contributed by atoms with Crippen LogP contribution < -0.4 is 4.90 Å². The summed E-state index contributed by atoms with van der Waals surface area (Å²) in [5.74, 6) is 1.58. The molecule has 0 saturated carbocycles. The molecule has 0 radical (unpaired) electrons. The van der Waals surface area contributed by atoms with Crippen LogP contribution in [0.5, 0.6) is 0 Å². The normalized spacial score (nSPS) is 14.4. The molecule has 4 rings (SSSR count). The maximum absolute atomic E-state index is 12.7. The van der Waals surface area contributed by atoms with Crippen LogP contribution in [0.15, 0.2) is 58.8 Å². The zero-order chi connectivity index (χ0) is 23.9. The van der Waals surface area contributed by atoms with Crippen molar-refractivity contribution in [3.63, 3.8) is 0 Å². The lowest BCUT2D eigenvalue weighted by Gasteiger charge is -2.31. The van der Waals surface area contributed by atoms with Gasteiger partial charge in [-0.25, -0.2) is 4.98 Å². The highest BCUT2D eigenvalue weighted by Crippen LogP contribution is 2.33. The van der Waals surface area contributed by atoms with E-state index >= 15 is 0 Å². The molecule has 2 aromatic carbocycles. The Balaban J connectivity index is 1.27. The van der Waals surface area contributed by atoms with Gasteiger partial charge in [0, 0.05) is 65.8 Å². The number of likely N-dealkylation sites (tertiary alicyclic amines) is 1. The monoisotopic (exact) mass is 493 g/mol. The molecule has 2 heterocycles. The molecular formula is C28H35N3OS2. The molecule has 0 unspecified atom stereocenters. The third-order valence-electron chi connectivity index (χ3n) is 6.68. The number of amides is 1. The van der Waals surface area contributed by atoms with Gasteiger partial charge in [0.1, 0.15) is 0 Å². The molecule has 1 aromatic heterocycles. The fraction of sp³-hybridized carbons (Fsp3) is 0.429. The number of aromatic nitrogens is 1. The standard InChI is InChI=1S/C28H35N3OS2/c1-4-30(5-2)24-12-10-22(11-13-24)25-20-34-28(29-25)23-14-17-31(18-15-23)27(32)16-19-33-26-9-7-6-8-21(26)3/h6-13,20,23H,4-5,14-19H2,1-3H3. The number of thiazole rings is 1. The molecule has 0 atom stereocenters. The second kappa shape index (κ2) is 11.9. The number of rotatable bonds is 9. The molecule has 0 aliphatic carbocycles. The van der Waals surface area contributed by atoms with Gasteiger partial charge < -0.3 is 9.80 Å². The lowest BCUT2D eigenvalue weighted by Crippen LogP contribution is -2.38. The molecule has 6 heteroatoms. The minimum atomic E-state index is 0.285. The molecule has 4 nitrogen and oxygen atoms in total. The molecular weight excluding hydrogens is 458 g/mol. The van der Waals surface area contributed by atoms with Gasteiger partial charge in [-0.05, 0) is 57.4 Å². The Labute approximate surface area is 212 Å². The largest absolute Gasteiger partial charge is 0.372 e. The van der Waals surface area contributed by atoms with E-state index in [9.17, 15) is 4.79 Å². The van der Waals surface area contributed by atoms with Gasteiger partial charge in [-0.3, -0.25) is 4.79 Å². The smallest absolute Gasteiger partial charge is 0.223 e. The molecule has 1 fully saturated rings. The molecule has 3 aromatic rings. The Morgan fingerprint density at radius 2 is 1.79 bits per heavy atom. The van der Waals surface area contributed by atoms with Gasteiger partial charge in [0.25, 0.3) is 0 Å². The van der Waals surface area contributed by atoms with Crippen molar-refractivity contribution < 1.29 is 4.79 Å². The molecule has 180 valence electrons. The van der Waals surface area contributed by atoms with Crippen LogP contribution in [-0.4, -0.2) is 47.7 Å². The van der Waals surface area contributed by atoms with E-state index in [1.165, 1.54) is 26.7 Å². The molecule has 34 heavy (non-hydrogen) atoms. The van der Waals surface area contributed by atoms with Crippen LogP contribution in [0, 0.1) is 6.92 Å². The van der Waals surface area contributed by atoms with Gasteiger partial charge >= 0.3 is 0 Å². The van der Waals surface area contributed by atoms with Crippen molar-refractivity contribution >= 4 is 34.7 Å². The molecule has 0 spiro atoms. The molecule has 0 N–H and O–H groups in total. The van der Waals surface area contributed by atoms with E-state index in [1.807, 2.05) is 0 Å². The first kappa shape index (κ1) is 24.8. The second-order valence-corrected chi connectivity index (χ2v) is 10.8. The zero-order valence-electron chi connectivity index (χ0n) is 20.5. The number of benzene rings is 2. The predicted molar refractivity (Wildman–Crippen MR) is 146 cm³/mol. The van der Waals surface area contributed by atoms with Gasteiger partial charge in [0.15, 0.2) is 0 Å². The third-order valence-corrected chi connectivity index (χ3v) is 8.86. The van der Waals surface area contributed by atoms with E-state index in [0.29, 0.717) is 12.3 Å². The maximum atomic E-state index is 12.7. The van der Waals surface area contributed by atoms with Crippen molar-refractivity contribution in [2.24, 2.45) is 0 Å². The van der Waals surface area contributed by atoms with Gasteiger partial charge in [0.05, 0.1) is 10.7 Å². The van der Waals surface area contributed by atoms with Gasteiger partial charge in [-0.2, -0.15) is 0 Å². The van der Waals surface area contributed by atoms with Crippen LogP contribution in [0.2, 0.25) is 0 Å².